The zero-order valence-corrected chi connectivity index (χ0v) is 14.6. The molecule has 2 atom stereocenters. The third-order valence-electron chi connectivity index (χ3n) is 4.48. The molecule has 0 saturated carbocycles. The van der Waals surface area contributed by atoms with Gasteiger partial charge in [-0.3, -0.25) is 4.98 Å². The smallest absolute Gasteiger partial charge is 0.162 e. The lowest BCUT2D eigenvalue weighted by molar-refractivity contribution is 0.442. The van der Waals surface area contributed by atoms with Crippen LogP contribution in [0.25, 0.3) is 22.3 Å². The molecule has 0 unspecified atom stereocenters. The molecule has 4 rings (SSSR count). The number of hydrogen-bond donors (Lipinski definition) is 1. The Hall–Kier alpha value is -3.35. The minimum atomic E-state index is 0.0975. The molecule has 0 aliphatic heterocycles. The van der Waals surface area contributed by atoms with E-state index in [-0.39, 0.29) is 12.1 Å². The van der Waals surface area contributed by atoms with Gasteiger partial charge in [-0.1, -0.05) is 12.1 Å². The summed E-state index contributed by atoms with van der Waals surface area (Å²) in [6, 6.07) is 12.0. The van der Waals surface area contributed by atoms with Crippen LogP contribution in [0.3, 0.4) is 0 Å². The maximum absolute atomic E-state index is 4.78. The van der Waals surface area contributed by atoms with Crippen molar-refractivity contribution in [1.82, 2.24) is 29.7 Å². The first kappa shape index (κ1) is 16.1. The van der Waals surface area contributed by atoms with Gasteiger partial charge in [-0.25, -0.2) is 19.6 Å². The van der Waals surface area contributed by atoms with Crippen molar-refractivity contribution < 1.29 is 0 Å². The summed E-state index contributed by atoms with van der Waals surface area (Å²) in [6.45, 7) is 4.20. The summed E-state index contributed by atoms with van der Waals surface area (Å²) < 4.78 is 1.84. The van der Waals surface area contributed by atoms with Crippen LogP contribution in [0, 0.1) is 0 Å². The third-order valence-corrected chi connectivity index (χ3v) is 4.48. The third kappa shape index (κ3) is 3.11. The molecule has 1 aromatic carbocycles. The molecule has 0 fully saturated rings. The van der Waals surface area contributed by atoms with Crippen LogP contribution in [0.15, 0.2) is 61.4 Å². The van der Waals surface area contributed by atoms with Crippen molar-refractivity contribution in [3.63, 3.8) is 0 Å². The van der Waals surface area contributed by atoms with Crippen molar-refractivity contribution in [2.45, 2.75) is 25.9 Å². The molecular weight excluding hydrogens is 326 g/mol. The SMILES string of the molecule is C[C@H](Nc1nc(-c2ccncc2)nc2ccccc12)[C@H](C)n1cncn1. The van der Waals surface area contributed by atoms with Crippen LogP contribution in [0.5, 0.6) is 0 Å². The van der Waals surface area contributed by atoms with Crippen LogP contribution < -0.4 is 5.32 Å². The molecule has 0 aliphatic rings. The van der Waals surface area contributed by atoms with E-state index in [1.807, 2.05) is 41.1 Å². The van der Waals surface area contributed by atoms with E-state index in [4.69, 9.17) is 9.97 Å². The lowest BCUT2D eigenvalue weighted by Crippen LogP contribution is -2.27. The van der Waals surface area contributed by atoms with E-state index in [9.17, 15) is 0 Å². The highest BCUT2D eigenvalue weighted by Crippen LogP contribution is 2.26. The average Bonchev–Trinajstić information content (AvgIpc) is 3.22. The standard InChI is InChI=1S/C19H19N7/c1-13(14(2)26-12-21-11-22-26)23-19-16-5-3-4-6-17(16)24-18(25-19)15-7-9-20-10-8-15/h3-14H,1-2H3,(H,23,24,25)/t13-,14-/m0/s1. The van der Waals surface area contributed by atoms with E-state index >= 15 is 0 Å². The highest BCUT2D eigenvalue weighted by atomic mass is 15.3. The molecule has 7 heteroatoms. The van der Waals surface area contributed by atoms with Crippen LogP contribution >= 0.6 is 0 Å². The maximum atomic E-state index is 4.78. The van der Waals surface area contributed by atoms with Crippen LogP contribution in [-0.4, -0.2) is 35.8 Å². The number of rotatable bonds is 5. The minimum absolute atomic E-state index is 0.0975. The van der Waals surface area contributed by atoms with E-state index in [0.717, 1.165) is 22.3 Å². The van der Waals surface area contributed by atoms with Crippen LogP contribution in [0.1, 0.15) is 19.9 Å². The zero-order valence-electron chi connectivity index (χ0n) is 14.6. The van der Waals surface area contributed by atoms with E-state index < -0.39 is 0 Å². The fourth-order valence-electron chi connectivity index (χ4n) is 2.81. The van der Waals surface area contributed by atoms with Gasteiger partial charge < -0.3 is 5.32 Å². The van der Waals surface area contributed by atoms with E-state index in [0.29, 0.717) is 5.82 Å². The second kappa shape index (κ2) is 6.87. The van der Waals surface area contributed by atoms with Gasteiger partial charge in [0.1, 0.15) is 18.5 Å². The van der Waals surface area contributed by atoms with Gasteiger partial charge in [-0.05, 0) is 38.1 Å². The molecule has 0 amide bonds. The lowest BCUT2D eigenvalue weighted by Gasteiger charge is -2.22. The molecule has 26 heavy (non-hydrogen) atoms. The van der Waals surface area contributed by atoms with Gasteiger partial charge in [0.05, 0.1) is 11.6 Å². The zero-order chi connectivity index (χ0) is 17.9. The Morgan fingerprint density at radius 2 is 1.77 bits per heavy atom. The van der Waals surface area contributed by atoms with Gasteiger partial charge in [-0.2, -0.15) is 5.10 Å². The average molecular weight is 345 g/mol. The fourth-order valence-corrected chi connectivity index (χ4v) is 2.81. The minimum Gasteiger partial charge on any atom is -0.365 e. The van der Waals surface area contributed by atoms with Crippen LogP contribution in [0.4, 0.5) is 5.82 Å². The normalized spacial score (nSPS) is 13.5. The number of fused-ring (bicyclic) bond motifs is 1. The first-order valence-electron chi connectivity index (χ1n) is 8.50. The van der Waals surface area contributed by atoms with Crippen molar-refractivity contribution >= 4 is 16.7 Å². The van der Waals surface area contributed by atoms with E-state index in [2.05, 4.69) is 34.2 Å². The number of benzene rings is 1. The molecule has 0 saturated heterocycles. The predicted octanol–water partition coefficient (Wildman–Crippen LogP) is 3.34. The Bertz CT molecular complexity index is 999. The molecule has 3 heterocycles. The fraction of sp³-hybridized carbons (Fsp3) is 0.211. The second-order valence-electron chi connectivity index (χ2n) is 6.20. The molecule has 0 bridgehead atoms. The van der Waals surface area contributed by atoms with E-state index in [1.165, 1.54) is 0 Å². The number of hydrogen-bond acceptors (Lipinski definition) is 6. The van der Waals surface area contributed by atoms with Gasteiger partial charge in [0.2, 0.25) is 0 Å². The first-order valence-corrected chi connectivity index (χ1v) is 8.50. The Kier molecular flexibility index (Phi) is 4.27. The topological polar surface area (TPSA) is 81.4 Å². The number of nitrogens with zero attached hydrogens (tertiary/aromatic N) is 6. The maximum Gasteiger partial charge on any atom is 0.162 e. The summed E-state index contributed by atoms with van der Waals surface area (Å²) in [7, 11) is 0. The number of aromatic nitrogens is 6. The van der Waals surface area contributed by atoms with E-state index in [1.54, 1.807) is 25.0 Å². The predicted molar refractivity (Wildman–Crippen MR) is 101 cm³/mol. The Morgan fingerprint density at radius 1 is 0.962 bits per heavy atom. The van der Waals surface area contributed by atoms with Crippen molar-refractivity contribution in [3.05, 3.63) is 61.4 Å². The number of pyridine rings is 1. The van der Waals surface area contributed by atoms with Gasteiger partial charge in [0.25, 0.3) is 0 Å². The molecule has 4 aromatic rings. The molecular formula is C19H19N7. The van der Waals surface area contributed by atoms with Crippen LogP contribution in [-0.2, 0) is 0 Å². The number of para-hydroxylation sites is 1. The monoisotopic (exact) mass is 345 g/mol. The highest BCUT2D eigenvalue weighted by molar-refractivity contribution is 5.90. The molecule has 130 valence electrons. The largest absolute Gasteiger partial charge is 0.365 e. The molecule has 1 N–H and O–H groups in total. The second-order valence-corrected chi connectivity index (χ2v) is 6.20. The van der Waals surface area contributed by atoms with Crippen LogP contribution in [0.2, 0.25) is 0 Å². The number of anilines is 1. The quantitative estimate of drug-likeness (QED) is 0.597. The van der Waals surface area contributed by atoms with Crippen molar-refractivity contribution in [2.75, 3.05) is 5.32 Å². The van der Waals surface area contributed by atoms with Gasteiger partial charge in [0.15, 0.2) is 5.82 Å². The molecule has 3 aromatic heterocycles. The number of nitrogens with one attached hydrogen (secondary N) is 1. The Balaban J connectivity index is 1.73. The Labute approximate surface area is 151 Å². The summed E-state index contributed by atoms with van der Waals surface area (Å²) >= 11 is 0. The van der Waals surface area contributed by atoms with Crippen molar-refractivity contribution in [3.8, 4) is 11.4 Å². The first-order chi connectivity index (χ1) is 12.7. The summed E-state index contributed by atoms with van der Waals surface area (Å²) in [4.78, 5) is 17.6. The van der Waals surface area contributed by atoms with Gasteiger partial charge in [-0.15, -0.1) is 0 Å². The summed E-state index contributed by atoms with van der Waals surface area (Å²) in [6.07, 6.45) is 6.76. The Morgan fingerprint density at radius 3 is 2.54 bits per heavy atom. The van der Waals surface area contributed by atoms with Crippen molar-refractivity contribution in [2.24, 2.45) is 0 Å². The van der Waals surface area contributed by atoms with Gasteiger partial charge in [0, 0.05) is 29.4 Å². The molecule has 0 aliphatic carbocycles. The van der Waals surface area contributed by atoms with Gasteiger partial charge >= 0.3 is 0 Å². The summed E-state index contributed by atoms with van der Waals surface area (Å²) in [5.74, 6) is 1.48. The molecule has 7 nitrogen and oxygen atoms in total. The molecule has 0 radical (unpaired) electrons. The highest BCUT2D eigenvalue weighted by Gasteiger charge is 2.17. The molecule has 0 spiro atoms. The van der Waals surface area contributed by atoms with Crippen molar-refractivity contribution in [1.29, 1.82) is 0 Å². The lowest BCUT2D eigenvalue weighted by atomic mass is 10.1. The summed E-state index contributed by atoms with van der Waals surface area (Å²) in [5.41, 5.74) is 1.84. The summed E-state index contributed by atoms with van der Waals surface area (Å²) in [5, 5.41) is 8.75.